The van der Waals surface area contributed by atoms with Gasteiger partial charge >= 0.3 is 0 Å². The predicted molar refractivity (Wildman–Crippen MR) is 89.8 cm³/mol. The van der Waals surface area contributed by atoms with E-state index in [1.54, 1.807) is 4.90 Å². The Bertz CT molecular complexity index is 686. The minimum atomic E-state index is 0.212. The highest BCUT2D eigenvalue weighted by Gasteiger charge is 2.55. The molecule has 0 spiro atoms. The van der Waals surface area contributed by atoms with Crippen LogP contribution in [-0.4, -0.2) is 23.2 Å². The van der Waals surface area contributed by atoms with E-state index in [0.717, 1.165) is 11.3 Å². The lowest BCUT2D eigenvalue weighted by Crippen LogP contribution is -2.29. The molecule has 1 heterocycles. The van der Waals surface area contributed by atoms with Gasteiger partial charge in [0.2, 0.25) is 5.91 Å². The minimum Gasteiger partial charge on any atom is -0.298 e. The van der Waals surface area contributed by atoms with Gasteiger partial charge in [-0.15, -0.1) is 10.2 Å². The molecule has 4 nitrogen and oxygen atoms in total. The molecule has 1 amide bonds. The van der Waals surface area contributed by atoms with E-state index in [2.05, 4.69) is 10.2 Å². The zero-order valence-electron chi connectivity index (χ0n) is 13.4. The fraction of sp³-hybridized carbons (Fsp3) is 0.421. The predicted octanol–water partition coefficient (Wildman–Crippen LogP) is 3.54. The van der Waals surface area contributed by atoms with Gasteiger partial charge in [0.1, 0.15) is 0 Å². The van der Waals surface area contributed by atoms with Crippen molar-refractivity contribution in [3.05, 3.63) is 42.5 Å². The van der Waals surface area contributed by atoms with Crippen LogP contribution in [0.25, 0.3) is 11.3 Å². The maximum atomic E-state index is 12.7. The van der Waals surface area contributed by atoms with Crippen LogP contribution in [0.15, 0.2) is 42.5 Å². The van der Waals surface area contributed by atoms with Crippen LogP contribution in [0, 0.1) is 17.8 Å². The van der Waals surface area contributed by atoms with Crippen molar-refractivity contribution in [3.63, 3.8) is 0 Å². The number of hydrogen-bond acceptors (Lipinski definition) is 3. The number of benzene rings is 1. The Labute approximate surface area is 136 Å². The molecule has 1 aromatic heterocycles. The van der Waals surface area contributed by atoms with Crippen LogP contribution in [0.2, 0.25) is 0 Å². The van der Waals surface area contributed by atoms with E-state index in [9.17, 15) is 4.79 Å². The molecule has 2 atom stereocenters. The molecule has 1 aromatic carbocycles. The SMILES string of the molecule is CN(C(=O)C1[C@H]2CCCC[C@H]12)c1ccc(-c2ccccc2)nn1. The van der Waals surface area contributed by atoms with Gasteiger partial charge in [0.25, 0.3) is 0 Å². The van der Waals surface area contributed by atoms with Crippen molar-refractivity contribution >= 4 is 11.7 Å². The standard InChI is InChI=1S/C19H21N3O/c1-22(19(23)18-14-9-5-6-10-15(14)18)17-12-11-16(20-21-17)13-7-3-2-4-8-13/h2-4,7-8,11-12,14-15,18H,5-6,9-10H2,1H3/t14-,15-/m0/s1. The Kier molecular flexibility index (Phi) is 3.60. The number of fused-ring (bicyclic) bond motifs is 1. The zero-order valence-corrected chi connectivity index (χ0v) is 13.4. The first-order chi connectivity index (χ1) is 11.3. The van der Waals surface area contributed by atoms with Crippen LogP contribution in [-0.2, 0) is 4.79 Å². The van der Waals surface area contributed by atoms with Gasteiger partial charge < -0.3 is 0 Å². The van der Waals surface area contributed by atoms with Crippen LogP contribution in [0.3, 0.4) is 0 Å². The summed E-state index contributed by atoms with van der Waals surface area (Å²) in [6, 6.07) is 13.8. The van der Waals surface area contributed by atoms with Crippen molar-refractivity contribution in [2.24, 2.45) is 17.8 Å². The Morgan fingerprint density at radius 2 is 1.70 bits per heavy atom. The normalized spacial score (nSPS) is 25.5. The van der Waals surface area contributed by atoms with Crippen molar-refractivity contribution in [2.45, 2.75) is 25.7 Å². The average Bonchev–Trinajstić information content (AvgIpc) is 3.36. The molecule has 2 aliphatic carbocycles. The molecular formula is C19H21N3O. The second-order valence-electron chi connectivity index (χ2n) is 6.68. The highest BCUT2D eigenvalue weighted by molar-refractivity contribution is 5.96. The van der Waals surface area contributed by atoms with Crippen LogP contribution in [0.4, 0.5) is 5.82 Å². The van der Waals surface area contributed by atoms with Crippen LogP contribution < -0.4 is 4.90 Å². The summed E-state index contributed by atoms with van der Waals surface area (Å²) in [6.45, 7) is 0. The largest absolute Gasteiger partial charge is 0.298 e. The number of hydrogen-bond donors (Lipinski definition) is 0. The van der Waals surface area contributed by atoms with Gasteiger partial charge in [0.05, 0.1) is 5.69 Å². The summed E-state index contributed by atoms with van der Waals surface area (Å²) in [6.07, 6.45) is 4.99. The molecule has 2 fully saturated rings. The quantitative estimate of drug-likeness (QED) is 0.871. The lowest BCUT2D eigenvalue weighted by molar-refractivity contribution is -0.120. The van der Waals surface area contributed by atoms with Gasteiger partial charge in [0.15, 0.2) is 5.82 Å². The summed E-state index contributed by atoms with van der Waals surface area (Å²) >= 11 is 0. The molecule has 0 radical (unpaired) electrons. The summed E-state index contributed by atoms with van der Waals surface area (Å²) in [7, 11) is 1.82. The molecule has 4 rings (SSSR count). The zero-order chi connectivity index (χ0) is 15.8. The molecule has 0 aliphatic heterocycles. The summed E-state index contributed by atoms with van der Waals surface area (Å²) in [5, 5.41) is 8.54. The fourth-order valence-corrected chi connectivity index (χ4v) is 3.96. The number of carbonyl (C=O) groups is 1. The maximum absolute atomic E-state index is 12.7. The number of rotatable bonds is 3. The molecule has 2 aliphatic rings. The number of anilines is 1. The first-order valence-corrected chi connectivity index (χ1v) is 8.42. The van der Waals surface area contributed by atoms with Crippen molar-refractivity contribution in [1.29, 1.82) is 0 Å². The topological polar surface area (TPSA) is 46.1 Å². The number of carbonyl (C=O) groups excluding carboxylic acids is 1. The average molecular weight is 307 g/mol. The Hall–Kier alpha value is -2.23. The first kappa shape index (κ1) is 14.4. The highest BCUT2D eigenvalue weighted by atomic mass is 16.2. The summed E-state index contributed by atoms with van der Waals surface area (Å²) in [4.78, 5) is 14.4. The number of aromatic nitrogens is 2. The molecule has 2 aromatic rings. The minimum absolute atomic E-state index is 0.212. The summed E-state index contributed by atoms with van der Waals surface area (Å²) in [5.74, 6) is 2.31. The van der Waals surface area contributed by atoms with Gasteiger partial charge in [-0.05, 0) is 36.8 Å². The van der Waals surface area contributed by atoms with Crippen molar-refractivity contribution in [1.82, 2.24) is 10.2 Å². The molecule has 4 heteroatoms. The molecule has 23 heavy (non-hydrogen) atoms. The van der Waals surface area contributed by atoms with Crippen molar-refractivity contribution < 1.29 is 4.79 Å². The Morgan fingerprint density at radius 3 is 2.30 bits per heavy atom. The van der Waals surface area contributed by atoms with Gasteiger partial charge in [-0.2, -0.15) is 0 Å². The third-order valence-electron chi connectivity index (χ3n) is 5.34. The van der Waals surface area contributed by atoms with E-state index in [4.69, 9.17) is 0 Å². The van der Waals surface area contributed by atoms with Gasteiger partial charge in [-0.1, -0.05) is 43.2 Å². The number of amides is 1. The molecule has 0 saturated heterocycles. The lowest BCUT2D eigenvalue weighted by Gasteiger charge is -2.16. The van der Waals surface area contributed by atoms with E-state index < -0.39 is 0 Å². The summed E-state index contributed by atoms with van der Waals surface area (Å²) in [5.41, 5.74) is 1.86. The summed E-state index contributed by atoms with van der Waals surface area (Å²) < 4.78 is 0. The van der Waals surface area contributed by atoms with E-state index in [-0.39, 0.29) is 11.8 Å². The molecule has 0 unspecified atom stereocenters. The second kappa shape index (κ2) is 5.76. The fourth-order valence-electron chi connectivity index (χ4n) is 3.96. The van der Waals surface area contributed by atoms with E-state index >= 15 is 0 Å². The van der Waals surface area contributed by atoms with Crippen LogP contribution in [0.1, 0.15) is 25.7 Å². The van der Waals surface area contributed by atoms with E-state index in [1.165, 1.54) is 25.7 Å². The van der Waals surface area contributed by atoms with Gasteiger partial charge in [-0.3, -0.25) is 9.69 Å². The third-order valence-corrected chi connectivity index (χ3v) is 5.34. The van der Waals surface area contributed by atoms with Crippen LogP contribution in [0.5, 0.6) is 0 Å². The van der Waals surface area contributed by atoms with Crippen molar-refractivity contribution in [3.8, 4) is 11.3 Å². The van der Waals surface area contributed by atoms with Gasteiger partial charge in [0, 0.05) is 18.5 Å². The molecule has 0 N–H and O–H groups in total. The van der Waals surface area contributed by atoms with E-state index in [0.29, 0.717) is 17.7 Å². The third kappa shape index (κ3) is 2.62. The molecular weight excluding hydrogens is 286 g/mol. The monoisotopic (exact) mass is 307 g/mol. The Morgan fingerprint density at radius 1 is 1.00 bits per heavy atom. The lowest BCUT2D eigenvalue weighted by atomic mass is 10.0. The smallest absolute Gasteiger partial charge is 0.231 e. The van der Waals surface area contributed by atoms with Crippen molar-refractivity contribution in [2.75, 3.05) is 11.9 Å². The van der Waals surface area contributed by atoms with Gasteiger partial charge in [-0.25, -0.2) is 0 Å². The maximum Gasteiger partial charge on any atom is 0.231 e. The number of nitrogens with zero attached hydrogens (tertiary/aromatic N) is 3. The second-order valence-corrected chi connectivity index (χ2v) is 6.68. The molecule has 0 bridgehead atoms. The first-order valence-electron chi connectivity index (χ1n) is 8.42. The van der Waals surface area contributed by atoms with E-state index in [1.807, 2.05) is 49.5 Å². The molecule has 2 saturated carbocycles. The molecule has 118 valence electrons. The highest BCUT2D eigenvalue weighted by Crippen LogP contribution is 2.56. The van der Waals surface area contributed by atoms with Crippen LogP contribution >= 0.6 is 0 Å². The Balaban J connectivity index is 1.48.